The Morgan fingerprint density at radius 1 is 1.43 bits per heavy atom. The predicted octanol–water partition coefficient (Wildman–Crippen LogP) is 0.519. The molecule has 1 spiro atoms. The van der Waals surface area contributed by atoms with E-state index in [1.165, 1.54) is 16.5 Å². The Balaban J connectivity index is 1.70. The summed E-state index contributed by atoms with van der Waals surface area (Å²) in [6.07, 6.45) is 5.34. The van der Waals surface area contributed by atoms with Crippen molar-refractivity contribution in [3.8, 4) is 0 Å². The molecule has 21 heavy (non-hydrogen) atoms. The fourth-order valence-electron chi connectivity index (χ4n) is 3.16. The van der Waals surface area contributed by atoms with E-state index in [9.17, 15) is 9.59 Å². The van der Waals surface area contributed by atoms with Gasteiger partial charge in [0.25, 0.3) is 0 Å². The molecule has 0 aliphatic carbocycles. The number of carbonyl (C=O) groups excluding carboxylic acids is 2. The van der Waals surface area contributed by atoms with Crippen LogP contribution in [-0.2, 0) is 4.79 Å². The van der Waals surface area contributed by atoms with Gasteiger partial charge in [-0.25, -0.2) is 4.79 Å². The molecule has 2 aliphatic rings. The molecule has 2 aliphatic heterocycles. The highest BCUT2D eigenvalue weighted by Gasteiger charge is 2.42. The molecule has 0 bridgehead atoms. The maximum atomic E-state index is 12.5. The van der Waals surface area contributed by atoms with Crippen molar-refractivity contribution in [2.75, 3.05) is 38.1 Å². The lowest BCUT2D eigenvalue weighted by Gasteiger charge is -2.22. The standard InChI is InChI=1S/C14H21N5O2/c1-11(20)17(2)12-7-16-19(8-12)13(21)18-6-4-14(10-18)3-5-15-9-14/h7-8,15H,3-6,9-10H2,1-2H3. The van der Waals surface area contributed by atoms with Gasteiger partial charge in [0.15, 0.2) is 0 Å². The number of rotatable bonds is 1. The molecule has 0 aromatic carbocycles. The topological polar surface area (TPSA) is 70.5 Å². The van der Waals surface area contributed by atoms with Crippen molar-refractivity contribution < 1.29 is 9.59 Å². The first-order valence-electron chi connectivity index (χ1n) is 7.30. The largest absolute Gasteiger partial charge is 0.344 e. The summed E-state index contributed by atoms with van der Waals surface area (Å²) in [5, 5.41) is 7.48. The summed E-state index contributed by atoms with van der Waals surface area (Å²) in [6, 6.07) is -0.109. The van der Waals surface area contributed by atoms with Gasteiger partial charge in [-0.1, -0.05) is 0 Å². The Bertz CT molecular complexity index is 561. The van der Waals surface area contributed by atoms with Crippen LogP contribution in [0.4, 0.5) is 10.5 Å². The first kappa shape index (κ1) is 14.1. The lowest BCUT2D eigenvalue weighted by Crippen LogP contribution is -2.36. The third kappa shape index (κ3) is 2.53. The number of anilines is 1. The van der Waals surface area contributed by atoms with Crippen LogP contribution in [0.25, 0.3) is 0 Å². The number of carbonyl (C=O) groups is 2. The van der Waals surface area contributed by atoms with Gasteiger partial charge in [0, 0.05) is 39.0 Å². The van der Waals surface area contributed by atoms with Crippen LogP contribution in [0.2, 0.25) is 0 Å². The van der Waals surface area contributed by atoms with E-state index >= 15 is 0 Å². The third-order valence-electron chi connectivity index (χ3n) is 4.67. The van der Waals surface area contributed by atoms with Gasteiger partial charge in [-0.05, 0) is 19.4 Å². The Morgan fingerprint density at radius 2 is 2.24 bits per heavy atom. The normalized spacial score (nSPS) is 24.8. The highest BCUT2D eigenvalue weighted by Crippen LogP contribution is 2.36. The van der Waals surface area contributed by atoms with Crippen LogP contribution < -0.4 is 10.2 Å². The lowest BCUT2D eigenvalue weighted by atomic mass is 9.87. The van der Waals surface area contributed by atoms with Crippen molar-refractivity contribution >= 4 is 17.6 Å². The summed E-state index contributed by atoms with van der Waals surface area (Å²) < 4.78 is 1.33. The molecule has 3 heterocycles. The number of hydrogen-bond donors (Lipinski definition) is 1. The zero-order valence-corrected chi connectivity index (χ0v) is 12.5. The monoisotopic (exact) mass is 291 g/mol. The summed E-state index contributed by atoms with van der Waals surface area (Å²) in [4.78, 5) is 27.2. The molecule has 1 aromatic heterocycles. The Hall–Kier alpha value is -1.89. The van der Waals surface area contributed by atoms with Crippen molar-refractivity contribution in [1.29, 1.82) is 0 Å². The zero-order chi connectivity index (χ0) is 15.0. The molecule has 0 saturated carbocycles. The van der Waals surface area contributed by atoms with E-state index in [1.807, 2.05) is 4.90 Å². The first-order valence-corrected chi connectivity index (χ1v) is 7.30. The van der Waals surface area contributed by atoms with Crippen LogP contribution in [-0.4, -0.2) is 59.8 Å². The van der Waals surface area contributed by atoms with E-state index in [0.717, 1.165) is 39.0 Å². The van der Waals surface area contributed by atoms with Gasteiger partial charge in [0.05, 0.1) is 18.1 Å². The highest BCUT2D eigenvalue weighted by molar-refractivity contribution is 5.91. The SMILES string of the molecule is CC(=O)N(C)c1cnn(C(=O)N2CCC3(CCNC3)C2)c1. The lowest BCUT2D eigenvalue weighted by molar-refractivity contribution is -0.116. The number of nitrogens with zero attached hydrogens (tertiary/aromatic N) is 4. The van der Waals surface area contributed by atoms with Gasteiger partial charge >= 0.3 is 6.03 Å². The minimum atomic E-state index is -0.109. The van der Waals surface area contributed by atoms with Crippen molar-refractivity contribution in [2.24, 2.45) is 5.41 Å². The van der Waals surface area contributed by atoms with Crippen molar-refractivity contribution in [3.05, 3.63) is 12.4 Å². The summed E-state index contributed by atoms with van der Waals surface area (Å²) >= 11 is 0. The second-order valence-corrected chi connectivity index (χ2v) is 6.10. The number of amides is 2. The van der Waals surface area contributed by atoms with E-state index in [-0.39, 0.29) is 17.4 Å². The number of hydrogen-bond acceptors (Lipinski definition) is 4. The molecule has 2 fully saturated rings. The van der Waals surface area contributed by atoms with Crippen molar-refractivity contribution in [1.82, 2.24) is 20.0 Å². The van der Waals surface area contributed by atoms with Crippen molar-refractivity contribution in [3.63, 3.8) is 0 Å². The van der Waals surface area contributed by atoms with Crippen LogP contribution in [0.5, 0.6) is 0 Å². The summed E-state index contributed by atoms with van der Waals surface area (Å²) in [5.74, 6) is -0.0841. The molecule has 2 amide bonds. The van der Waals surface area contributed by atoms with Gasteiger partial charge in [-0.3, -0.25) is 4.79 Å². The fourth-order valence-corrected chi connectivity index (χ4v) is 3.16. The molecule has 7 heteroatoms. The average molecular weight is 291 g/mol. The first-order chi connectivity index (χ1) is 10.0. The van der Waals surface area contributed by atoms with Crippen molar-refractivity contribution in [2.45, 2.75) is 19.8 Å². The average Bonchev–Trinajstić information content (AvgIpc) is 3.19. The molecule has 7 nitrogen and oxygen atoms in total. The molecular formula is C14H21N5O2. The second-order valence-electron chi connectivity index (χ2n) is 6.10. The second kappa shape index (κ2) is 5.14. The van der Waals surface area contributed by atoms with Crippen LogP contribution in [0.3, 0.4) is 0 Å². The molecular weight excluding hydrogens is 270 g/mol. The summed E-state index contributed by atoms with van der Waals surface area (Å²) in [5.41, 5.74) is 0.884. The summed E-state index contributed by atoms with van der Waals surface area (Å²) in [7, 11) is 1.67. The quantitative estimate of drug-likeness (QED) is 0.819. The van der Waals surface area contributed by atoms with Crippen LogP contribution in [0.15, 0.2) is 12.4 Å². The minimum Gasteiger partial charge on any atom is -0.322 e. The smallest absolute Gasteiger partial charge is 0.322 e. The van der Waals surface area contributed by atoms with E-state index < -0.39 is 0 Å². The van der Waals surface area contributed by atoms with Crippen LogP contribution >= 0.6 is 0 Å². The molecule has 1 atom stereocenters. The highest BCUT2D eigenvalue weighted by atomic mass is 16.2. The zero-order valence-electron chi connectivity index (χ0n) is 12.5. The predicted molar refractivity (Wildman–Crippen MR) is 78.2 cm³/mol. The number of aromatic nitrogens is 2. The molecule has 2 saturated heterocycles. The van der Waals surface area contributed by atoms with Gasteiger partial charge in [-0.15, -0.1) is 0 Å². The number of nitrogens with one attached hydrogen (secondary N) is 1. The van der Waals surface area contributed by atoms with E-state index in [2.05, 4.69) is 10.4 Å². The van der Waals surface area contributed by atoms with Gasteiger partial charge in [-0.2, -0.15) is 9.78 Å². The maximum Gasteiger partial charge on any atom is 0.344 e. The van der Waals surface area contributed by atoms with Gasteiger partial charge < -0.3 is 15.1 Å². The van der Waals surface area contributed by atoms with Gasteiger partial charge in [0.2, 0.25) is 5.91 Å². The van der Waals surface area contributed by atoms with E-state index in [1.54, 1.807) is 19.4 Å². The molecule has 3 rings (SSSR count). The Kier molecular flexibility index (Phi) is 3.44. The molecule has 0 radical (unpaired) electrons. The Labute approximate surface area is 123 Å². The fraction of sp³-hybridized carbons (Fsp3) is 0.643. The number of likely N-dealkylation sites (tertiary alicyclic amines) is 1. The molecule has 1 N–H and O–H groups in total. The van der Waals surface area contributed by atoms with E-state index in [4.69, 9.17) is 0 Å². The van der Waals surface area contributed by atoms with Crippen LogP contribution in [0, 0.1) is 5.41 Å². The van der Waals surface area contributed by atoms with Gasteiger partial charge in [0.1, 0.15) is 0 Å². The Morgan fingerprint density at radius 3 is 2.90 bits per heavy atom. The van der Waals surface area contributed by atoms with E-state index in [0.29, 0.717) is 5.69 Å². The molecule has 1 unspecified atom stereocenters. The summed E-state index contributed by atoms with van der Waals surface area (Å²) in [6.45, 7) is 5.08. The van der Waals surface area contributed by atoms with Crippen LogP contribution in [0.1, 0.15) is 19.8 Å². The maximum absolute atomic E-state index is 12.5. The molecule has 114 valence electrons. The molecule has 1 aromatic rings. The minimum absolute atomic E-state index is 0.0841. The third-order valence-corrected chi connectivity index (χ3v) is 4.67.